The molecule has 30 heavy (non-hydrogen) atoms. The number of carbonyl (C=O) groups excluding carboxylic acids is 2. The first-order valence-corrected chi connectivity index (χ1v) is 9.88. The summed E-state index contributed by atoms with van der Waals surface area (Å²) < 4.78 is 0. The van der Waals surface area contributed by atoms with E-state index in [1.54, 1.807) is 24.3 Å². The van der Waals surface area contributed by atoms with Crippen molar-refractivity contribution >= 4 is 17.3 Å². The molecule has 0 atom stereocenters. The molecule has 0 spiro atoms. The molecule has 0 saturated carbocycles. The molecule has 144 valence electrons. The van der Waals surface area contributed by atoms with Crippen LogP contribution in [0.15, 0.2) is 109 Å². The molecule has 0 heterocycles. The van der Waals surface area contributed by atoms with Gasteiger partial charge in [0.05, 0.1) is 0 Å². The molecule has 4 aromatic rings. The van der Waals surface area contributed by atoms with Gasteiger partial charge in [-0.25, -0.2) is 0 Å². The third kappa shape index (κ3) is 2.75. The first kappa shape index (κ1) is 18.1. The van der Waals surface area contributed by atoms with E-state index in [2.05, 4.69) is 17.4 Å². The van der Waals surface area contributed by atoms with Gasteiger partial charge in [0, 0.05) is 16.8 Å². The monoisotopic (exact) mass is 389 g/mol. The highest BCUT2D eigenvalue weighted by Crippen LogP contribution is 2.40. The van der Waals surface area contributed by atoms with Gasteiger partial charge >= 0.3 is 0 Å². The standard InChI is InChI=1S/C27H19NO2/c29-25-23-13-7-8-14-24(23)26(30)27(25,21-11-5-2-6-12-21)28-22-17-15-20(16-18-22)19-9-3-1-4-10-19/h1-18,28H. The number of anilines is 1. The summed E-state index contributed by atoms with van der Waals surface area (Å²) in [7, 11) is 0. The van der Waals surface area contributed by atoms with Crippen LogP contribution in [0, 0.1) is 0 Å². The van der Waals surface area contributed by atoms with Gasteiger partial charge < -0.3 is 5.32 Å². The summed E-state index contributed by atoms with van der Waals surface area (Å²) in [6.45, 7) is 0. The summed E-state index contributed by atoms with van der Waals surface area (Å²) in [5, 5.41) is 3.30. The second-order valence-electron chi connectivity index (χ2n) is 7.39. The minimum absolute atomic E-state index is 0.221. The van der Waals surface area contributed by atoms with Crippen LogP contribution in [-0.2, 0) is 5.54 Å². The maximum atomic E-state index is 13.5. The molecule has 1 aliphatic carbocycles. The van der Waals surface area contributed by atoms with Crippen molar-refractivity contribution in [2.45, 2.75) is 5.54 Å². The Bertz CT molecular complexity index is 1190. The highest BCUT2D eigenvalue weighted by molar-refractivity contribution is 6.34. The summed E-state index contributed by atoms with van der Waals surface area (Å²) in [5.41, 5.74) is 3.00. The Morgan fingerprint density at radius 1 is 0.500 bits per heavy atom. The third-order valence-corrected chi connectivity index (χ3v) is 5.63. The highest BCUT2D eigenvalue weighted by atomic mass is 16.2. The van der Waals surface area contributed by atoms with Gasteiger partial charge in [0.15, 0.2) is 5.54 Å². The third-order valence-electron chi connectivity index (χ3n) is 5.63. The first-order valence-electron chi connectivity index (χ1n) is 9.88. The largest absolute Gasteiger partial charge is 0.363 e. The van der Waals surface area contributed by atoms with Crippen molar-refractivity contribution < 1.29 is 9.59 Å². The molecule has 0 fully saturated rings. The zero-order chi connectivity index (χ0) is 20.6. The average Bonchev–Trinajstić information content (AvgIpc) is 3.03. The van der Waals surface area contributed by atoms with Crippen molar-refractivity contribution in [3.63, 3.8) is 0 Å². The smallest absolute Gasteiger partial charge is 0.201 e. The lowest BCUT2D eigenvalue weighted by Crippen LogP contribution is -2.46. The van der Waals surface area contributed by atoms with Crippen LogP contribution in [0.4, 0.5) is 5.69 Å². The van der Waals surface area contributed by atoms with E-state index in [0.717, 1.165) is 11.1 Å². The molecule has 1 aliphatic rings. The lowest BCUT2D eigenvalue weighted by molar-refractivity contribution is 0.0819. The maximum absolute atomic E-state index is 13.5. The highest BCUT2D eigenvalue weighted by Gasteiger charge is 2.54. The lowest BCUT2D eigenvalue weighted by Gasteiger charge is -2.29. The molecule has 0 amide bonds. The van der Waals surface area contributed by atoms with Crippen LogP contribution in [0.2, 0.25) is 0 Å². The van der Waals surface area contributed by atoms with Crippen molar-refractivity contribution in [1.82, 2.24) is 0 Å². The van der Waals surface area contributed by atoms with E-state index in [-0.39, 0.29) is 11.6 Å². The van der Waals surface area contributed by atoms with Gasteiger partial charge in [0.1, 0.15) is 0 Å². The molecule has 0 aliphatic heterocycles. The van der Waals surface area contributed by atoms with Crippen molar-refractivity contribution in [2.24, 2.45) is 0 Å². The Hall–Kier alpha value is -3.98. The Morgan fingerprint density at radius 2 is 0.967 bits per heavy atom. The molecule has 1 N–H and O–H groups in total. The van der Waals surface area contributed by atoms with Gasteiger partial charge in [-0.1, -0.05) is 97.1 Å². The quantitative estimate of drug-likeness (QED) is 0.453. The van der Waals surface area contributed by atoms with E-state index in [0.29, 0.717) is 22.4 Å². The molecular weight excluding hydrogens is 370 g/mol. The second-order valence-corrected chi connectivity index (χ2v) is 7.39. The summed E-state index contributed by atoms with van der Waals surface area (Å²) >= 11 is 0. The molecule has 3 nitrogen and oxygen atoms in total. The van der Waals surface area contributed by atoms with Crippen LogP contribution in [0.25, 0.3) is 11.1 Å². The van der Waals surface area contributed by atoms with Gasteiger partial charge in [0.25, 0.3) is 0 Å². The van der Waals surface area contributed by atoms with Gasteiger partial charge in [-0.2, -0.15) is 0 Å². The fraction of sp³-hybridized carbons (Fsp3) is 0.0370. The summed E-state index contributed by atoms with van der Waals surface area (Å²) in [4.78, 5) is 27.1. The van der Waals surface area contributed by atoms with Crippen molar-refractivity contribution in [3.8, 4) is 11.1 Å². The minimum Gasteiger partial charge on any atom is -0.363 e. The first-order chi connectivity index (χ1) is 14.7. The minimum atomic E-state index is -1.46. The van der Waals surface area contributed by atoms with Crippen molar-refractivity contribution in [3.05, 3.63) is 126 Å². The van der Waals surface area contributed by atoms with Crippen LogP contribution in [-0.4, -0.2) is 11.6 Å². The molecule has 4 aromatic carbocycles. The predicted octanol–water partition coefficient (Wildman–Crippen LogP) is 5.74. The molecule has 0 saturated heterocycles. The normalized spacial score (nSPS) is 14.4. The summed E-state index contributed by atoms with van der Waals surface area (Å²) in [6.07, 6.45) is 0. The SMILES string of the molecule is O=C1c2ccccc2C(=O)C1(Nc1ccc(-c2ccccc2)cc1)c1ccccc1. The van der Waals surface area contributed by atoms with E-state index < -0.39 is 5.54 Å². The fourth-order valence-corrected chi connectivity index (χ4v) is 4.12. The molecule has 5 rings (SSSR count). The Morgan fingerprint density at radius 3 is 1.53 bits per heavy atom. The van der Waals surface area contributed by atoms with Crippen LogP contribution < -0.4 is 5.32 Å². The zero-order valence-electron chi connectivity index (χ0n) is 16.2. The van der Waals surface area contributed by atoms with Gasteiger partial charge in [0.2, 0.25) is 11.6 Å². The molecular formula is C27H19NO2. The maximum Gasteiger partial charge on any atom is 0.201 e. The average molecular weight is 389 g/mol. The number of nitrogens with one attached hydrogen (secondary N) is 1. The number of ketones is 2. The second kappa shape index (κ2) is 7.12. The topological polar surface area (TPSA) is 46.2 Å². The van der Waals surface area contributed by atoms with Gasteiger partial charge in [-0.15, -0.1) is 0 Å². The van der Waals surface area contributed by atoms with E-state index in [4.69, 9.17) is 0 Å². The molecule has 0 radical (unpaired) electrons. The summed E-state index contributed by atoms with van der Waals surface area (Å²) in [5.74, 6) is -0.442. The van der Waals surface area contributed by atoms with Gasteiger partial charge in [-0.05, 0) is 28.8 Å². The number of rotatable bonds is 4. The number of Topliss-reactive ketones (excluding diaryl/α,β-unsaturated/α-hetero) is 2. The Balaban J connectivity index is 1.58. The van der Waals surface area contributed by atoms with Crippen LogP contribution in [0.1, 0.15) is 26.3 Å². The lowest BCUT2D eigenvalue weighted by atomic mass is 9.84. The molecule has 3 heteroatoms. The summed E-state index contributed by atoms with van der Waals surface area (Å²) in [6, 6.07) is 34.2. The van der Waals surface area contributed by atoms with Crippen LogP contribution in [0.5, 0.6) is 0 Å². The van der Waals surface area contributed by atoms with E-state index >= 15 is 0 Å². The number of benzene rings is 4. The van der Waals surface area contributed by atoms with Crippen LogP contribution >= 0.6 is 0 Å². The molecule has 0 bridgehead atoms. The van der Waals surface area contributed by atoms with E-state index in [9.17, 15) is 9.59 Å². The van der Waals surface area contributed by atoms with Crippen LogP contribution in [0.3, 0.4) is 0 Å². The molecule has 0 aromatic heterocycles. The Labute approximate surface area is 175 Å². The number of fused-ring (bicyclic) bond motifs is 1. The van der Waals surface area contributed by atoms with Crippen molar-refractivity contribution in [1.29, 1.82) is 0 Å². The van der Waals surface area contributed by atoms with E-state index in [1.165, 1.54) is 0 Å². The number of hydrogen-bond donors (Lipinski definition) is 1. The van der Waals surface area contributed by atoms with Crippen molar-refractivity contribution in [2.75, 3.05) is 5.32 Å². The number of carbonyl (C=O) groups is 2. The zero-order valence-corrected chi connectivity index (χ0v) is 16.2. The fourth-order valence-electron chi connectivity index (χ4n) is 4.12. The van der Waals surface area contributed by atoms with E-state index in [1.807, 2.05) is 72.8 Å². The predicted molar refractivity (Wildman–Crippen MR) is 119 cm³/mol. The van der Waals surface area contributed by atoms with Gasteiger partial charge in [-0.3, -0.25) is 9.59 Å². The Kier molecular flexibility index (Phi) is 4.29. The molecule has 0 unspecified atom stereocenters. The number of hydrogen-bond acceptors (Lipinski definition) is 3.